The van der Waals surface area contributed by atoms with Gasteiger partial charge in [0.05, 0.1) is 7.11 Å². The van der Waals surface area contributed by atoms with Crippen LogP contribution in [0.1, 0.15) is 25.7 Å². The van der Waals surface area contributed by atoms with Crippen LogP contribution in [0, 0.1) is 0 Å². The molecule has 0 fully saturated rings. The highest BCUT2D eigenvalue weighted by Crippen LogP contribution is 2.18. The van der Waals surface area contributed by atoms with E-state index in [-0.39, 0.29) is 11.8 Å². The highest BCUT2D eigenvalue weighted by atomic mass is 32.2. The summed E-state index contributed by atoms with van der Waals surface area (Å²) < 4.78 is 4.52. The first-order valence-electron chi connectivity index (χ1n) is 5.98. The first-order chi connectivity index (χ1) is 8.72. The third-order valence-corrected chi connectivity index (χ3v) is 3.47. The summed E-state index contributed by atoms with van der Waals surface area (Å²) in [5.74, 6) is 0.755. The first-order valence-corrected chi connectivity index (χ1v) is 6.97. The topological polar surface area (TPSA) is 43.4 Å². The van der Waals surface area contributed by atoms with Gasteiger partial charge in [0.15, 0.2) is 0 Å². The first kappa shape index (κ1) is 14.8. The van der Waals surface area contributed by atoms with Gasteiger partial charge in [-0.05, 0) is 18.6 Å². The van der Waals surface area contributed by atoms with Crippen molar-refractivity contribution in [3.05, 3.63) is 30.3 Å². The molecular weight excluding hydrogens is 248 g/mol. The summed E-state index contributed by atoms with van der Waals surface area (Å²) in [5, 5.41) is 0. The normalized spacial score (nSPS) is 10.1. The molecule has 0 aliphatic carbocycles. The lowest BCUT2D eigenvalue weighted by Gasteiger charge is -2.01. The fourth-order valence-corrected chi connectivity index (χ4v) is 2.37. The summed E-state index contributed by atoms with van der Waals surface area (Å²) in [4.78, 5) is 23.6. The van der Waals surface area contributed by atoms with Crippen molar-refractivity contribution in [3.63, 3.8) is 0 Å². The number of ketones is 1. The summed E-state index contributed by atoms with van der Waals surface area (Å²) in [6.45, 7) is 0. The van der Waals surface area contributed by atoms with Gasteiger partial charge in [-0.1, -0.05) is 18.2 Å². The van der Waals surface area contributed by atoms with Crippen LogP contribution < -0.4 is 0 Å². The molecule has 3 nitrogen and oxygen atoms in total. The number of rotatable bonds is 8. The van der Waals surface area contributed by atoms with Crippen molar-refractivity contribution in [1.29, 1.82) is 0 Å². The van der Waals surface area contributed by atoms with Crippen LogP contribution in [0.3, 0.4) is 0 Å². The fraction of sp³-hybridized carbons (Fsp3) is 0.429. The second kappa shape index (κ2) is 8.75. The Balaban J connectivity index is 2.09. The standard InChI is InChI=1S/C14H18O3S/c1-17-14(16)9-5-6-12(15)10-11-18-13-7-3-2-4-8-13/h2-4,7-8H,5-6,9-11H2,1H3. The lowest BCUT2D eigenvalue weighted by Crippen LogP contribution is -2.04. The number of hydrogen-bond donors (Lipinski definition) is 0. The monoisotopic (exact) mass is 266 g/mol. The molecule has 0 amide bonds. The highest BCUT2D eigenvalue weighted by Gasteiger charge is 2.05. The van der Waals surface area contributed by atoms with E-state index >= 15 is 0 Å². The molecule has 0 spiro atoms. The molecule has 0 aromatic heterocycles. The molecule has 0 N–H and O–H groups in total. The van der Waals surface area contributed by atoms with Gasteiger partial charge in [-0.25, -0.2) is 0 Å². The smallest absolute Gasteiger partial charge is 0.305 e. The Hall–Kier alpha value is -1.29. The summed E-state index contributed by atoms with van der Waals surface area (Å²) in [5.41, 5.74) is 0. The van der Waals surface area contributed by atoms with Crippen molar-refractivity contribution in [2.75, 3.05) is 12.9 Å². The Bertz CT molecular complexity index is 376. The molecule has 18 heavy (non-hydrogen) atoms. The van der Waals surface area contributed by atoms with Crippen LogP contribution >= 0.6 is 11.8 Å². The molecule has 0 radical (unpaired) electrons. The lowest BCUT2D eigenvalue weighted by molar-refractivity contribution is -0.140. The molecule has 1 rings (SSSR count). The minimum Gasteiger partial charge on any atom is -0.469 e. The zero-order chi connectivity index (χ0) is 13.2. The number of methoxy groups -OCH3 is 1. The predicted octanol–water partition coefficient (Wildman–Crippen LogP) is 3.08. The van der Waals surface area contributed by atoms with Gasteiger partial charge in [0.1, 0.15) is 5.78 Å². The molecule has 98 valence electrons. The summed E-state index contributed by atoms with van der Waals surface area (Å²) in [6.07, 6.45) is 1.93. The Morgan fingerprint density at radius 1 is 1.11 bits per heavy atom. The second-order valence-electron chi connectivity index (χ2n) is 3.88. The maximum absolute atomic E-state index is 11.5. The van der Waals surface area contributed by atoms with Gasteiger partial charge in [0, 0.05) is 29.9 Å². The Labute approximate surface area is 112 Å². The number of ether oxygens (including phenoxy) is 1. The van der Waals surface area contributed by atoms with Gasteiger partial charge in [0.25, 0.3) is 0 Å². The predicted molar refractivity (Wildman–Crippen MR) is 72.7 cm³/mol. The molecule has 0 heterocycles. The molecule has 0 unspecified atom stereocenters. The summed E-state index contributed by atoms with van der Waals surface area (Å²) >= 11 is 1.68. The van der Waals surface area contributed by atoms with E-state index in [1.807, 2.05) is 30.3 Å². The molecule has 1 aromatic rings. The Kier molecular flexibility index (Phi) is 7.18. The SMILES string of the molecule is COC(=O)CCCC(=O)CCSc1ccccc1. The number of thioether (sulfide) groups is 1. The quantitative estimate of drug-likeness (QED) is 0.536. The fourth-order valence-electron chi connectivity index (χ4n) is 1.46. The van der Waals surface area contributed by atoms with Crippen molar-refractivity contribution in [2.45, 2.75) is 30.6 Å². The van der Waals surface area contributed by atoms with E-state index in [4.69, 9.17) is 0 Å². The number of carbonyl (C=O) groups excluding carboxylic acids is 2. The minimum atomic E-state index is -0.249. The molecule has 0 aliphatic heterocycles. The van der Waals surface area contributed by atoms with Crippen LogP contribution in [0.2, 0.25) is 0 Å². The average Bonchev–Trinajstić information content (AvgIpc) is 2.39. The Morgan fingerprint density at radius 2 is 1.83 bits per heavy atom. The summed E-state index contributed by atoms with van der Waals surface area (Å²) in [6, 6.07) is 10.0. The molecule has 0 atom stereocenters. The van der Waals surface area contributed by atoms with Crippen LogP contribution in [0.4, 0.5) is 0 Å². The van der Waals surface area contributed by atoms with Crippen molar-refractivity contribution in [1.82, 2.24) is 0 Å². The van der Waals surface area contributed by atoms with Crippen molar-refractivity contribution in [2.24, 2.45) is 0 Å². The van der Waals surface area contributed by atoms with Gasteiger partial charge in [-0.3, -0.25) is 9.59 Å². The number of carbonyl (C=O) groups is 2. The molecule has 0 saturated carbocycles. The molecule has 0 aliphatic rings. The molecule has 1 aromatic carbocycles. The van der Waals surface area contributed by atoms with E-state index in [1.54, 1.807) is 11.8 Å². The van der Waals surface area contributed by atoms with E-state index < -0.39 is 0 Å². The lowest BCUT2D eigenvalue weighted by atomic mass is 10.1. The van der Waals surface area contributed by atoms with E-state index in [2.05, 4.69) is 4.74 Å². The average molecular weight is 266 g/mol. The number of Topliss-reactive ketones (excluding diaryl/α,β-unsaturated/α-hetero) is 1. The third-order valence-electron chi connectivity index (χ3n) is 2.46. The van der Waals surface area contributed by atoms with Crippen molar-refractivity contribution < 1.29 is 14.3 Å². The van der Waals surface area contributed by atoms with Crippen LogP contribution in [-0.4, -0.2) is 24.6 Å². The van der Waals surface area contributed by atoms with Crippen molar-refractivity contribution in [3.8, 4) is 0 Å². The van der Waals surface area contributed by atoms with Crippen LogP contribution in [-0.2, 0) is 14.3 Å². The van der Waals surface area contributed by atoms with Gasteiger partial charge in [0.2, 0.25) is 0 Å². The van der Waals surface area contributed by atoms with Gasteiger partial charge in [-0.15, -0.1) is 11.8 Å². The van der Waals surface area contributed by atoms with Crippen LogP contribution in [0.5, 0.6) is 0 Å². The van der Waals surface area contributed by atoms with Gasteiger partial charge in [-0.2, -0.15) is 0 Å². The number of hydrogen-bond acceptors (Lipinski definition) is 4. The molecular formula is C14H18O3S. The van der Waals surface area contributed by atoms with Crippen molar-refractivity contribution >= 4 is 23.5 Å². The van der Waals surface area contributed by atoms with E-state index in [0.717, 1.165) is 5.75 Å². The van der Waals surface area contributed by atoms with Crippen LogP contribution in [0.15, 0.2) is 35.2 Å². The molecule has 4 heteroatoms. The summed E-state index contributed by atoms with van der Waals surface area (Å²) in [7, 11) is 1.36. The highest BCUT2D eigenvalue weighted by molar-refractivity contribution is 7.99. The second-order valence-corrected chi connectivity index (χ2v) is 5.05. The number of benzene rings is 1. The maximum Gasteiger partial charge on any atom is 0.305 e. The minimum absolute atomic E-state index is 0.210. The Morgan fingerprint density at radius 3 is 2.50 bits per heavy atom. The maximum atomic E-state index is 11.5. The zero-order valence-corrected chi connectivity index (χ0v) is 11.4. The van der Waals surface area contributed by atoms with E-state index in [9.17, 15) is 9.59 Å². The van der Waals surface area contributed by atoms with Gasteiger partial charge < -0.3 is 4.74 Å². The molecule has 0 saturated heterocycles. The number of esters is 1. The largest absolute Gasteiger partial charge is 0.469 e. The third kappa shape index (κ3) is 6.45. The van der Waals surface area contributed by atoms with Gasteiger partial charge >= 0.3 is 5.97 Å². The van der Waals surface area contributed by atoms with E-state index in [0.29, 0.717) is 25.7 Å². The van der Waals surface area contributed by atoms with E-state index in [1.165, 1.54) is 12.0 Å². The van der Waals surface area contributed by atoms with Crippen LogP contribution in [0.25, 0.3) is 0 Å². The molecule has 0 bridgehead atoms. The zero-order valence-electron chi connectivity index (χ0n) is 10.6.